The van der Waals surface area contributed by atoms with E-state index in [0.717, 1.165) is 11.9 Å². The van der Waals surface area contributed by atoms with Gasteiger partial charge < -0.3 is 15.6 Å². The quantitative estimate of drug-likeness (QED) is 0.493. The van der Waals surface area contributed by atoms with Gasteiger partial charge in [-0.1, -0.05) is 30.3 Å². The zero-order valence-corrected chi connectivity index (χ0v) is 13.9. The highest BCUT2D eigenvalue weighted by molar-refractivity contribution is 5.83. The summed E-state index contributed by atoms with van der Waals surface area (Å²) in [6, 6.07) is 14.6. The van der Waals surface area contributed by atoms with Crippen LogP contribution in [-0.2, 0) is 6.42 Å². The number of nitrogens with one attached hydrogen (secondary N) is 3. The monoisotopic (exact) mass is 348 g/mol. The first kappa shape index (κ1) is 16.0. The van der Waals surface area contributed by atoms with Crippen LogP contribution in [0.5, 0.6) is 0 Å². The second kappa shape index (κ2) is 7.18. The van der Waals surface area contributed by atoms with Crippen molar-refractivity contribution >= 4 is 28.4 Å². The lowest BCUT2D eigenvalue weighted by Gasteiger charge is -2.08. The van der Waals surface area contributed by atoms with Gasteiger partial charge in [0.1, 0.15) is 5.82 Å². The molecule has 0 aliphatic carbocycles. The van der Waals surface area contributed by atoms with Crippen molar-refractivity contribution in [3.05, 3.63) is 72.3 Å². The number of anilines is 3. The molecule has 0 bridgehead atoms. The second-order valence-corrected chi connectivity index (χ2v) is 5.81. The van der Waals surface area contributed by atoms with E-state index < -0.39 is 0 Å². The predicted molar refractivity (Wildman–Crippen MR) is 100 cm³/mol. The van der Waals surface area contributed by atoms with Crippen LogP contribution in [0.3, 0.4) is 0 Å². The van der Waals surface area contributed by atoms with Crippen LogP contribution in [0.15, 0.2) is 60.9 Å². The van der Waals surface area contributed by atoms with E-state index in [1.165, 1.54) is 17.0 Å². The molecule has 4 rings (SSSR count). The number of para-hydroxylation sites is 2. The number of hydrogen-bond acceptors (Lipinski definition) is 5. The Morgan fingerprint density at radius 2 is 1.88 bits per heavy atom. The third kappa shape index (κ3) is 3.46. The molecule has 2 aromatic carbocycles. The number of hydrogen-bond donors (Lipinski definition) is 3. The molecule has 130 valence electrons. The van der Waals surface area contributed by atoms with Gasteiger partial charge in [-0.3, -0.25) is 0 Å². The Morgan fingerprint density at radius 1 is 1.04 bits per heavy atom. The minimum atomic E-state index is -0.367. The zero-order chi connectivity index (χ0) is 17.8. The largest absolute Gasteiger partial charge is 0.368 e. The zero-order valence-electron chi connectivity index (χ0n) is 13.9. The van der Waals surface area contributed by atoms with Crippen LogP contribution in [-0.4, -0.2) is 26.7 Å². The highest BCUT2D eigenvalue weighted by atomic mass is 19.1. The molecule has 4 aromatic rings. The van der Waals surface area contributed by atoms with Crippen LogP contribution >= 0.6 is 0 Å². The summed E-state index contributed by atoms with van der Waals surface area (Å²) in [6.45, 7) is 0.694. The number of fused-ring (bicyclic) bond motifs is 1. The van der Waals surface area contributed by atoms with Crippen molar-refractivity contribution in [3.63, 3.8) is 0 Å². The molecule has 0 saturated carbocycles. The first-order valence-electron chi connectivity index (χ1n) is 8.30. The van der Waals surface area contributed by atoms with Crippen LogP contribution < -0.4 is 10.6 Å². The maximum absolute atomic E-state index is 13.7. The molecule has 3 N–H and O–H groups in total. The summed E-state index contributed by atoms with van der Waals surface area (Å²) in [5, 5.41) is 15.1. The van der Waals surface area contributed by atoms with Crippen molar-refractivity contribution in [2.45, 2.75) is 6.42 Å². The Hall–Kier alpha value is -3.48. The van der Waals surface area contributed by atoms with E-state index in [2.05, 4.69) is 42.9 Å². The summed E-state index contributed by atoms with van der Waals surface area (Å²) in [4.78, 5) is 7.59. The summed E-state index contributed by atoms with van der Waals surface area (Å²) in [5.74, 6) is 0.458. The van der Waals surface area contributed by atoms with Gasteiger partial charge in [-0.2, -0.15) is 10.1 Å². The number of aromatic nitrogens is 4. The number of nitrogens with zero attached hydrogens (tertiary/aromatic N) is 3. The molecule has 0 atom stereocenters. The van der Waals surface area contributed by atoms with Gasteiger partial charge in [-0.15, -0.1) is 5.10 Å². The summed E-state index contributed by atoms with van der Waals surface area (Å²) >= 11 is 0. The first-order chi connectivity index (χ1) is 12.8. The lowest BCUT2D eigenvalue weighted by Crippen LogP contribution is -2.09. The maximum atomic E-state index is 13.7. The molecular weight excluding hydrogens is 331 g/mol. The van der Waals surface area contributed by atoms with E-state index in [4.69, 9.17) is 0 Å². The smallest absolute Gasteiger partial charge is 0.249 e. The third-order valence-corrected chi connectivity index (χ3v) is 4.05. The number of rotatable bonds is 6. The van der Waals surface area contributed by atoms with E-state index >= 15 is 0 Å². The van der Waals surface area contributed by atoms with Crippen LogP contribution in [0.1, 0.15) is 5.56 Å². The van der Waals surface area contributed by atoms with E-state index in [0.29, 0.717) is 18.1 Å². The standard InChI is InChI=1S/C19H17FN6/c20-15-6-2-4-8-17(15)24-19-25-18(12-23-26-19)21-10-9-13-11-22-16-7-3-1-5-14(13)16/h1-8,11-12,22H,9-10H2,(H2,21,24,25,26). The summed E-state index contributed by atoms with van der Waals surface area (Å²) < 4.78 is 13.7. The molecule has 0 spiro atoms. The number of aromatic amines is 1. The summed E-state index contributed by atoms with van der Waals surface area (Å²) in [6.07, 6.45) is 4.40. The molecule has 0 saturated heterocycles. The fourth-order valence-corrected chi connectivity index (χ4v) is 2.79. The van der Waals surface area contributed by atoms with Gasteiger partial charge in [0.25, 0.3) is 0 Å². The molecule has 0 amide bonds. The maximum Gasteiger partial charge on any atom is 0.249 e. The minimum absolute atomic E-state index is 0.243. The molecule has 0 aliphatic rings. The van der Waals surface area contributed by atoms with Crippen molar-refractivity contribution < 1.29 is 4.39 Å². The summed E-state index contributed by atoms with van der Waals surface area (Å²) in [5.41, 5.74) is 2.67. The Morgan fingerprint density at radius 3 is 2.81 bits per heavy atom. The Labute approximate surface area is 149 Å². The fourth-order valence-electron chi connectivity index (χ4n) is 2.79. The van der Waals surface area contributed by atoms with Gasteiger partial charge >= 0.3 is 0 Å². The minimum Gasteiger partial charge on any atom is -0.368 e. The van der Waals surface area contributed by atoms with Crippen LogP contribution in [0.25, 0.3) is 10.9 Å². The molecule has 0 fully saturated rings. The van der Waals surface area contributed by atoms with Gasteiger partial charge in [0.2, 0.25) is 5.95 Å². The topological polar surface area (TPSA) is 78.5 Å². The van der Waals surface area contributed by atoms with Crippen LogP contribution in [0.2, 0.25) is 0 Å². The molecule has 7 heteroatoms. The van der Waals surface area contributed by atoms with Crippen molar-refractivity contribution in [2.75, 3.05) is 17.2 Å². The Bertz CT molecular complexity index is 1030. The second-order valence-electron chi connectivity index (χ2n) is 5.81. The first-order valence-corrected chi connectivity index (χ1v) is 8.30. The molecule has 0 aliphatic heterocycles. The fraction of sp³-hybridized carbons (Fsp3) is 0.105. The molecule has 26 heavy (non-hydrogen) atoms. The van der Waals surface area contributed by atoms with Crippen molar-refractivity contribution in [1.29, 1.82) is 0 Å². The van der Waals surface area contributed by atoms with Gasteiger partial charge in [-0.05, 0) is 30.2 Å². The Kier molecular flexibility index (Phi) is 4.42. The number of halogens is 1. The van der Waals surface area contributed by atoms with E-state index in [9.17, 15) is 4.39 Å². The number of benzene rings is 2. The van der Waals surface area contributed by atoms with Crippen LogP contribution in [0, 0.1) is 5.82 Å². The summed E-state index contributed by atoms with van der Waals surface area (Å²) in [7, 11) is 0. The SMILES string of the molecule is Fc1ccccc1Nc1nncc(NCCc2c[nH]c3ccccc23)n1. The highest BCUT2D eigenvalue weighted by Gasteiger charge is 2.06. The third-order valence-electron chi connectivity index (χ3n) is 4.05. The molecular formula is C19H17FN6. The average molecular weight is 348 g/mol. The van der Waals surface area contributed by atoms with Gasteiger partial charge in [-0.25, -0.2) is 4.39 Å². The van der Waals surface area contributed by atoms with Crippen molar-refractivity contribution in [1.82, 2.24) is 20.2 Å². The molecule has 2 heterocycles. The van der Waals surface area contributed by atoms with Crippen molar-refractivity contribution in [2.24, 2.45) is 0 Å². The lowest BCUT2D eigenvalue weighted by atomic mass is 10.1. The van der Waals surface area contributed by atoms with Gasteiger partial charge in [0.15, 0.2) is 5.82 Å². The van der Waals surface area contributed by atoms with E-state index in [-0.39, 0.29) is 11.8 Å². The van der Waals surface area contributed by atoms with Crippen LogP contribution in [0.4, 0.5) is 21.8 Å². The molecule has 6 nitrogen and oxygen atoms in total. The molecule has 0 radical (unpaired) electrons. The van der Waals surface area contributed by atoms with Crippen molar-refractivity contribution in [3.8, 4) is 0 Å². The number of H-pyrrole nitrogens is 1. The average Bonchev–Trinajstić information content (AvgIpc) is 3.07. The molecule has 0 unspecified atom stereocenters. The van der Waals surface area contributed by atoms with Gasteiger partial charge in [0, 0.05) is 23.6 Å². The van der Waals surface area contributed by atoms with Gasteiger partial charge in [0.05, 0.1) is 11.9 Å². The Balaban J connectivity index is 1.40. The van der Waals surface area contributed by atoms with E-state index in [1.54, 1.807) is 24.4 Å². The predicted octanol–water partition coefficient (Wildman–Crippen LogP) is 3.89. The van der Waals surface area contributed by atoms with E-state index in [1.807, 2.05) is 18.3 Å². The highest BCUT2D eigenvalue weighted by Crippen LogP contribution is 2.19. The normalized spacial score (nSPS) is 10.8. The lowest BCUT2D eigenvalue weighted by molar-refractivity contribution is 0.631. The molecule has 2 aromatic heterocycles.